The van der Waals surface area contributed by atoms with Crippen LogP contribution in [0.4, 0.5) is 0 Å². The summed E-state index contributed by atoms with van der Waals surface area (Å²) in [5.41, 5.74) is 2.18. The van der Waals surface area contributed by atoms with Crippen molar-refractivity contribution in [2.24, 2.45) is 5.41 Å². The van der Waals surface area contributed by atoms with E-state index in [9.17, 15) is 0 Å². The molecule has 0 N–H and O–H groups in total. The van der Waals surface area contributed by atoms with Crippen LogP contribution in [0, 0.1) is 5.41 Å². The number of thiophene rings is 1. The highest BCUT2D eigenvalue weighted by atomic mass is 35.5. The highest BCUT2D eigenvalue weighted by Gasteiger charge is 2.35. The first-order valence-electron chi connectivity index (χ1n) is 10.5. The van der Waals surface area contributed by atoms with Gasteiger partial charge >= 0.3 is 0 Å². The Kier molecular flexibility index (Phi) is 5.80. The molecule has 1 unspecified atom stereocenters. The fourth-order valence-electron chi connectivity index (χ4n) is 4.27. The second-order valence-corrected chi connectivity index (χ2v) is 11.7. The zero-order valence-corrected chi connectivity index (χ0v) is 20.5. The van der Waals surface area contributed by atoms with Crippen molar-refractivity contribution < 1.29 is 4.74 Å². The van der Waals surface area contributed by atoms with Gasteiger partial charge in [0.2, 0.25) is 5.88 Å². The first kappa shape index (κ1) is 21.9. The third-order valence-electron chi connectivity index (χ3n) is 6.01. The molecule has 3 nitrogen and oxygen atoms in total. The van der Waals surface area contributed by atoms with Crippen LogP contribution in [0.1, 0.15) is 65.2 Å². The van der Waals surface area contributed by atoms with E-state index in [2.05, 4.69) is 44.6 Å². The van der Waals surface area contributed by atoms with Gasteiger partial charge in [-0.15, -0.1) is 11.3 Å². The molecule has 1 fully saturated rings. The molecule has 0 bridgehead atoms. The van der Waals surface area contributed by atoms with E-state index in [0.717, 1.165) is 27.8 Å². The average Bonchev–Trinajstić information content (AvgIpc) is 3.07. The van der Waals surface area contributed by atoms with E-state index in [4.69, 9.17) is 27.9 Å². The van der Waals surface area contributed by atoms with Crippen molar-refractivity contribution in [2.45, 2.75) is 71.8 Å². The lowest BCUT2D eigenvalue weighted by atomic mass is 9.75. The van der Waals surface area contributed by atoms with Crippen LogP contribution in [-0.4, -0.2) is 16.1 Å². The molecule has 1 aliphatic carbocycles. The molecule has 0 aliphatic heterocycles. The van der Waals surface area contributed by atoms with Crippen molar-refractivity contribution >= 4 is 44.8 Å². The number of nitrogens with zero attached hydrogens (tertiary/aromatic N) is 2. The number of hydrogen-bond acceptors (Lipinski definition) is 4. The van der Waals surface area contributed by atoms with Gasteiger partial charge in [0.25, 0.3) is 0 Å². The molecule has 1 atom stereocenters. The van der Waals surface area contributed by atoms with Gasteiger partial charge in [0, 0.05) is 15.9 Å². The summed E-state index contributed by atoms with van der Waals surface area (Å²) in [5, 5.41) is 2.07. The van der Waals surface area contributed by atoms with E-state index in [-0.39, 0.29) is 16.9 Å². The standard InChI is InChI=1S/C24H28Cl2N2OS/c1-23(2,3)20-18(14-9-10-15(25)16(26)12-14)19-21(27-13-28-22(19)30-20)29-17-8-6-7-11-24(17,4)5/h9-10,12-13,17H,6-8,11H2,1-5H3. The van der Waals surface area contributed by atoms with Gasteiger partial charge in [-0.05, 0) is 42.4 Å². The Morgan fingerprint density at radius 3 is 2.53 bits per heavy atom. The van der Waals surface area contributed by atoms with E-state index >= 15 is 0 Å². The van der Waals surface area contributed by atoms with E-state index < -0.39 is 0 Å². The number of ether oxygens (including phenoxy) is 1. The van der Waals surface area contributed by atoms with E-state index in [1.807, 2.05) is 18.2 Å². The van der Waals surface area contributed by atoms with Crippen molar-refractivity contribution in [3.8, 4) is 17.0 Å². The summed E-state index contributed by atoms with van der Waals surface area (Å²) < 4.78 is 6.62. The van der Waals surface area contributed by atoms with E-state index in [1.54, 1.807) is 17.7 Å². The molecule has 3 aromatic rings. The highest BCUT2D eigenvalue weighted by molar-refractivity contribution is 7.19. The number of halogens is 2. The van der Waals surface area contributed by atoms with Crippen LogP contribution in [0.3, 0.4) is 0 Å². The second kappa shape index (κ2) is 7.96. The molecule has 1 aromatic carbocycles. The number of aromatic nitrogens is 2. The Labute approximate surface area is 192 Å². The lowest BCUT2D eigenvalue weighted by Crippen LogP contribution is -2.37. The number of benzene rings is 1. The summed E-state index contributed by atoms with van der Waals surface area (Å²) in [6.07, 6.45) is 6.43. The molecular weight excluding hydrogens is 435 g/mol. The minimum atomic E-state index is -0.0613. The van der Waals surface area contributed by atoms with Gasteiger partial charge in [0.15, 0.2) is 0 Å². The lowest BCUT2D eigenvalue weighted by molar-refractivity contribution is 0.0317. The summed E-state index contributed by atoms with van der Waals surface area (Å²) >= 11 is 14.3. The maximum absolute atomic E-state index is 6.62. The molecule has 0 amide bonds. The molecule has 160 valence electrons. The molecule has 0 radical (unpaired) electrons. The third kappa shape index (κ3) is 4.06. The first-order chi connectivity index (χ1) is 14.1. The van der Waals surface area contributed by atoms with Crippen LogP contribution >= 0.6 is 34.5 Å². The smallest absolute Gasteiger partial charge is 0.226 e. The van der Waals surface area contributed by atoms with Crippen LogP contribution in [0.5, 0.6) is 5.88 Å². The molecule has 30 heavy (non-hydrogen) atoms. The fourth-order valence-corrected chi connectivity index (χ4v) is 5.78. The second-order valence-electron chi connectivity index (χ2n) is 9.88. The summed E-state index contributed by atoms with van der Waals surface area (Å²) in [6.45, 7) is 11.2. The summed E-state index contributed by atoms with van der Waals surface area (Å²) in [7, 11) is 0. The number of rotatable bonds is 3. The zero-order chi connectivity index (χ0) is 21.7. The van der Waals surface area contributed by atoms with Crippen LogP contribution in [-0.2, 0) is 5.41 Å². The Morgan fingerprint density at radius 1 is 1.10 bits per heavy atom. The molecule has 0 saturated heterocycles. The third-order valence-corrected chi connectivity index (χ3v) is 8.27. The topological polar surface area (TPSA) is 35.0 Å². The van der Waals surface area contributed by atoms with E-state index in [0.29, 0.717) is 15.9 Å². The summed E-state index contributed by atoms with van der Waals surface area (Å²) in [6, 6.07) is 5.80. The monoisotopic (exact) mass is 462 g/mol. The largest absolute Gasteiger partial charge is 0.473 e. The van der Waals surface area contributed by atoms with Gasteiger partial charge in [0.05, 0.1) is 15.4 Å². The van der Waals surface area contributed by atoms with Crippen molar-refractivity contribution in [2.75, 3.05) is 0 Å². The molecule has 0 spiro atoms. The Balaban J connectivity index is 1.93. The summed E-state index contributed by atoms with van der Waals surface area (Å²) in [5.74, 6) is 0.674. The maximum atomic E-state index is 6.62. The van der Waals surface area contributed by atoms with Crippen molar-refractivity contribution in [3.05, 3.63) is 39.4 Å². The number of fused-ring (bicyclic) bond motifs is 1. The maximum Gasteiger partial charge on any atom is 0.226 e. The van der Waals surface area contributed by atoms with Crippen LogP contribution in [0.2, 0.25) is 10.0 Å². The van der Waals surface area contributed by atoms with Gasteiger partial charge in [0.1, 0.15) is 17.3 Å². The highest BCUT2D eigenvalue weighted by Crippen LogP contribution is 2.48. The van der Waals surface area contributed by atoms with Crippen LogP contribution in [0.15, 0.2) is 24.5 Å². The molecule has 1 aliphatic rings. The van der Waals surface area contributed by atoms with Gasteiger partial charge in [-0.1, -0.05) is 70.3 Å². The Morgan fingerprint density at radius 2 is 1.87 bits per heavy atom. The average molecular weight is 463 g/mol. The Hall–Kier alpha value is -1.36. The predicted octanol–water partition coefficient (Wildman–Crippen LogP) is 8.31. The minimum absolute atomic E-state index is 0.0613. The van der Waals surface area contributed by atoms with Gasteiger partial charge in [-0.2, -0.15) is 0 Å². The molecule has 6 heteroatoms. The van der Waals surface area contributed by atoms with Gasteiger partial charge in [-0.25, -0.2) is 9.97 Å². The minimum Gasteiger partial charge on any atom is -0.473 e. The lowest BCUT2D eigenvalue weighted by Gasteiger charge is -2.38. The first-order valence-corrected chi connectivity index (χ1v) is 12.1. The molecule has 4 rings (SSSR count). The van der Waals surface area contributed by atoms with Crippen molar-refractivity contribution in [1.29, 1.82) is 0 Å². The normalized spacial score (nSPS) is 19.2. The van der Waals surface area contributed by atoms with Gasteiger partial charge < -0.3 is 4.74 Å². The SMILES string of the molecule is CC(C)(C)c1sc2ncnc(OC3CCCCC3(C)C)c2c1-c1ccc(Cl)c(Cl)c1. The van der Waals surface area contributed by atoms with Crippen LogP contribution in [0.25, 0.3) is 21.3 Å². The molecule has 1 saturated carbocycles. The van der Waals surface area contributed by atoms with Gasteiger partial charge in [-0.3, -0.25) is 0 Å². The van der Waals surface area contributed by atoms with Crippen LogP contribution < -0.4 is 4.74 Å². The molecule has 2 aromatic heterocycles. The molecule has 2 heterocycles. The zero-order valence-electron chi connectivity index (χ0n) is 18.2. The quantitative estimate of drug-likeness (QED) is 0.392. The number of hydrogen-bond donors (Lipinski definition) is 0. The van der Waals surface area contributed by atoms with Crippen molar-refractivity contribution in [3.63, 3.8) is 0 Å². The fraction of sp³-hybridized carbons (Fsp3) is 0.500. The van der Waals surface area contributed by atoms with E-state index in [1.165, 1.54) is 24.1 Å². The predicted molar refractivity (Wildman–Crippen MR) is 128 cm³/mol. The molecular formula is C24H28Cl2N2OS. The van der Waals surface area contributed by atoms with Crippen molar-refractivity contribution in [1.82, 2.24) is 9.97 Å². The Bertz CT molecular complexity index is 1080. The summed E-state index contributed by atoms with van der Waals surface area (Å²) in [4.78, 5) is 11.4.